The molecule has 0 rings (SSSR count). The summed E-state index contributed by atoms with van der Waals surface area (Å²) in [7, 11) is 0. The molecule has 0 amide bonds. The molecule has 1 radical (unpaired) electrons. The molecule has 0 fully saturated rings. The topological polar surface area (TPSA) is 0 Å². The van der Waals surface area contributed by atoms with Gasteiger partial charge in [0.1, 0.15) is 0 Å². The lowest BCUT2D eigenvalue weighted by molar-refractivity contribution is 0.651. The van der Waals surface area contributed by atoms with E-state index in [4.69, 9.17) is 0 Å². The monoisotopic (exact) mass is 247 g/mol. The van der Waals surface area contributed by atoms with E-state index in [0.29, 0.717) is 0 Å². The van der Waals surface area contributed by atoms with Gasteiger partial charge in [-0.1, -0.05) is 82.4 Å². The van der Waals surface area contributed by atoms with Crippen LogP contribution in [0, 0.1) is 6.92 Å². The van der Waals surface area contributed by atoms with Crippen molar-refractivity contribution in [1.29, 1.82) is 0 Å². The summed E-state index contributed by atoms with van der Waals surface area (Å²) in [4.78, 5) is 0. The minimum atomic E-state index is 1.08. The number of hydrogen-bond donors (Lipinski definition) is 0. The van der Waals surface area contributed by atoms with Crippen molar-refractivity contribution in [2.24, 2.45) is 0 Å². The molecular weight excluding hydrogens is 216 g/mol. The van der Waals surface area contributed by atoms with E-state index in [-0.39, 0.29) is 0 Å². The van der Waals surface area contributed by atoms with E-state index in [1.54, 1.807) is 0 Å². The van der Waals surface area contributed by atoms with E-state index in [9.17, 15) is 0 Å². The third kappa shape index (κ3) is 15.2. The first-order valence-electron chi connectivity index (χ1n) is 7.66. The Balaban J connectivity index is 3.24. The highest BCUT2D eigenvalue weighted by Crippen LogP contribution is 2.05. The molecule has 0 unspecified atom stereocenters. The van der Waals surface area contributed by atoms with Crippen LogP contribution < -0.4 is 0 Å². The zero-order valence-electron chi connectivity index (χ0n) is 12.2. The Morgan fingerprint density at radius 3 is 1.83 bits per heavy atom. The number of unbranched alkanes of at least 4 members (excludes halogenated alkanes) is 6. The van der Waals surface area contributed by atoms with Gasteiger partial charge in [-0.05, 0) is 32.1 Å². The lowest BCUT2D eigenvalue weighted by Crippen LogP contribution is -1.75. The van der Waals surface area contributed by atoms with Crippen LogP contribution in [0.25, 0.3) is 0 Å². The molecule has 0 aromatic rings. The van der Waals surface area contributed by atoms with Crippen LogP contribution in [0.2, 0.25) is 0 Å². The van der Waals surface area contributed by atoms with Crippen LogP contribution in [0.4, 0.5) is 0 Å². The molecule has 18 heavy (non-hydrogen) atoms. The summed E-state index contributed by atoms with van der Waals surface area (Å²) in [5, 5.41) is 0. The molecule has 0 atom stereocenters. The Labute approximate surface area is 115 Å². The van der Waals surface area contributed by atoms with Gasteiger partial charge in [-0.2, -0.15) is 0 Å². The molecule has 0 aromatic carbocycles. The van der Waals surface area contributed by atoms with Crippen molar-refractivity contribution in [3.05, 3.63) is 43.4 Å². The van der Waals surface area contributed by atoms with Crippen molar-refractivity contribution in [2.75, 3.05) is 0 Å². The first-order valence-corrected chi connectivity index (χ1v) is 7.66. The normalized spacial score (nSPS) is 12.3. The highest BCUT2D eigenvalue weighted by molar-refractivity contribution is 4.97. The van der Waals surface area contributed by atoms with Crippen LogP contribution in [0.1, 0.15) is 71.1 Å². The maximum atomic E-state index is 3.86. The van der Waals surface area contributed by atoms with Gasteiger partial charge in [-0.15, -0.1) is 0 Å². The van der Waals surface area contributed by atoms with Gasteiger partial charge in [0.05, 0.1) is 0 Å². The van der Waals surface area contributed by atoms with Gasteiger partial charge >= 0.3 is 0 Å². The molecule has 0 spiro atoms. The van der Waals surface area contributed by atoms with Crippen molar-refractivity contribution in [3.8, 4) is 0 Å². The minimum Gasteiger partial charge on any atom is -0.0882 e. The molecule has 103 valence electrons. The van der Waals surface area contributed by atoms with Gasteiger partial charge in [0.25, 0.3) is 0 Å². The standard InChI is InChI=1S/C18H31/c1-3-5-7-9-11-13-15-17-18-16-14-12-10-8-6-4-2/h8,10,14-17H,1,3-7,9,11-13,18H2,2H3/b10-8-,16-14-,17-15-. The van der Waals surface area contributed by atoms with E-state index < -0.39 is 0 Å². The molecule has 0 N–H and O–H groups in total. The molecule has 0 nitrogen and oxygen atoms in total. The Hall–Kier alpha value is -0.780. The second-order valence-electron chi connectivity index (χ2n) is 4.73. The van der Waals surface area contributed by atoms with Crippen LogP contribution >= 0.6 is 0 Å². The number of rotatable bonds is 12. The molecule has 0 aliphatic heterocycles. The zero-order chi connectivity index (χ0) is 13.3. The molecule has 0 heteroatoms. The summed E-state index contributed by atoms with van der Waals surface area (Å²) in [6.45, 7) is 6.07. The van der Waals surface area contributed by atoms with E-state index >= 15 is 0 Å². The van der Waals surface area contributed by atoms with Gasteiger partial charge < -0.3 is 0 Å². The van der Waals surface area contributed by atoms with Crippen molar-refractivity contribution in [1.82, 2.24) is 0 Å². The quantitative estimate of drug-likeness (QED) is 0.276. The van der Waals surface area contributed by atoms with Gasteiger partial charge in [0.15, 0.2) is 0 Å². The van der Waals surface area contributed by atoms with Crippen molar-refractivity contribution in [3.63, 3.8) is 0 Å². The molecule has 0 aromatic heterocycles. The smallest absolute Gasteiger partial charge is 0.0169 e. The van der Waals surface area contributed by atoms with Gasteiger partial charge in [0, 0.05) is 0 Å². The summed E-state index contributed by atoms with van der Waals surface area (Å²) in [6.07, 6.45) is 25.9. The minimum absolute atomic E-state index is 1.08. The summed E-state index contributed by atoms with van der Waals surface area (Å²) < 4.78 is 0. The van der Waals surface area contributed by atoms with Gasteiger partial charge in [-0.25, -0.2) is 0 Å². The third-order valence-corrected chi connectivity index (χ3v) is 2.87. The van der Waals surface area contributed by atoms with E-state index in [0.717, 1.165) is 19.3 Å². The molecule has 0 heterocycles. The SMILES string of the molecule is [CH2]CCCCCC/C=C\C/C=C\C/C=C\CCC. The predicted octanol–water partition coefficient (Wildman–Crippen LogP) is 6.41. The predicted molar refractivity (Wildman–Crippen MR) is 84.6 cm³/mol. The van der Waals surface area contributed by atoms with Crippen LogP contribution in [-0.2, 0) is 0 Å². The average molecular weight is 247 g/mol. The molecule has 0 bridgehead atoms. The molecule has 0 aliphatic rings. The Morgan fingerprint density at radius 1 is 0.667 bits per heavy atom. The van der Waals surface area contributed by atoms with Crippen LogP contribution in [-0.4, -0.2) is 0 Å². The fraction of sp³-hybridized carbons (Fsp3) is 0.611. The Morgan fingerprint density at radius 2 is 1.22 bits per heavy atom. The van der Waals surface area contributed by atoms with Crippen molar-refractivity contribution >= 4 is 0 Å². The number of hydrogen-bond acceptors (Lipinski definition) is 0. The zero-order valence-corrected chi connectivity index (χ0v) is 12.2. The van der Waals surface area contributed by atoms with Crippen molar-refractivity contribution < 1.29 is 0 Å². The van der Waals surface area contributed by atoms with E-state index in [1.165, 1.54) is 44.9 Å². The lowest BCUT2D eigenvalue weighted by atomic mass is 10.1. The number of allylic oxidation sites excluding steroid dienone is 6. The maximum Gasteiger partial charge on any atom is -0.0169 e. The second kappa shape index (κ2) is 16.2. The van der Waals surface area contributed by atoms with Crippen LogP contribution in [0.5, 0.6) is 0 Å². The van der Waals surface area contributed by atoms with Crippen LogP contribution in [0.15, 0.2) is 36.5 Å². The first-order chi connectivity index (χ1) is 8.91. The molecule has 0 aliphatic carbocycles. The molecular formula is C18H31. The largest absolute Gasteiger partial charge is 0.0882 e. The summed E-state index contributed by atoms with van der Waals surface area (Å²) in [6, 6.07) is 0. The van der Waals surface area contributed by atoms with Gasteiger partial charge in [-0.3, -0.25) is 0 Å². The van der Waals surface area contributed by atoms with Crippen LogP contribution in [0.3, 0.4) is 0 Å². The molecule has 0 saturated carbocycles. The van der Waals surface area contributed by atoms with E-state index in [1.807, 2.05) is 0 Å². The highest BCUT2D eigenvalue weighted by atomic mass is 13.9. The summed E-state index contributed by atoms with van der Waals surface area (Å²) in [5.74, 6) is 0. The first kappa shape index (κ1) is 17.2. The highest BCUT2D eigenvalue weighted by Gasteiger charge is 1.85. The average Bonchev–Trinajstić information content (AvgIpc) is 2.39. The Bertz CT molecular complexity index is 220. The third-order valence-electron chi connectivity index (χ3n) is 2.87. The fourth-order valence-corrected chi connectivity index (χ4v) is 1.74. The second-order valence-corrected chi connectivity index (χ2v) is 4.73. The van der Waals surface area contributed by atoms with E-state index in [2.05, 4.69) is 50.3 Å². The summed E-state index contributed by atoms with van der Waals surface area (Å²) >= 11 is 0. The Kier molecular flexibility index (Phi) is 15.5. The molecule has 0 saturated heterocycles. The summed E-state index contributed by atoms with van der Waals surface area (Å²) in [5.41, 5.74) is 0. The van der Waals surface area contributed by atoms with Gasteiger partial charge in [0.2, 0.25) is 0 Å². The maximum absolute atomic E-state index is 3.86. The van der Waals surface area contributed by atoms with Crippen molar-refractivity contribution in [2.45, 2.75) is 71.1 Å². The fourth-order valence-electron chi connectivity index (χ4n) is 1.74. The lowest BCUT2D eigenvalue weighted by Gasteiger charge is -1.95.